The molecule has 6 nitrogen and oxygen atoms in total. The van der Waals surface area contributed by atoms with E-state index >= 15 is 0 Å². The molecule has 1 aromatic carbocycles. The van der Waals surface area contributed by atoms with Crippen LogP contribution in [0.5, 0.6) is 0 Å². The summed E-state index contributed by atoms with van der Waals surface area (Å²) in [4.78, 5) is 12.0. The summed E-state index contributed by atoms with van der Waals surface area (Å²) in [6, 6.07) is 11.6. The van der Waals surface area contributed by atoms with E-state index in [-0.39, 0.29) is 22.8 Å². The zero-order chi connectivity index (χ0) is 16.8. The van der Waals surface area contributed by atoms with Crippen LogP contribution in [0.15, 0.2) is 46.8 Å². The molecule has 2 aromatic rings. The van der Waals surface area contributed by atoms with Crippen molar-refractivity contribution in [1.29, 1.82) is 5.26 Å². The molecule has 0 fully saturated rings. The van der Waals surface area contributed by atoms with E-state index in [4.69, 9.17) is 11.0 Å². The number of allylic oxidation sites excluding steroid dienone is 2. The highest BCUT2D eigenvalue weighted by atomic mass is 32.2. The minimum Gasteiger partial charge on any atom is -0.401 e. The maximum atomic E-state index is 12.0. The Morgan fingerprint density at radius 3 is 2.61 bits per heavy atom. The molecule has 0 radical (unpaired) electrons. The fourth-order valence-electron chi connectivity index (χ4n) is 2.05. The monoisotopic (exact) mass is 327 g/mol. The topological polar surface area (TPSA) is 97.6 Å². The van der Waals surface area contributed by atoms with Crippen molar-refractivity contribution in [3.63, 3.8) is 0 Å². The van der Waals surface area contributed by atoms with Gasteiger partial charge in [0.1, 0.15) is 11.6 Å². The first-order chi connectivity index (χ1) is 11.1. The zero-order valence-corrected chi connectivity index (χ0v) is 13.8. The Hall–Kier alpha value is -2.59. The van der Waals surface area contributed by atoms with E-state index in [1.807, 2.05) is 47.9 Å². The maximum Gasteiger partial charge on any atom is 0.191 e. The van der Waals surface area contributed by atoms with Crippen LogP contribution in [-0.4, -0.2) is 26.3 Å². The second-order valence-corrected chi connectivity index (χ2v) is 5.74. The third-order valence-electron chi connectivity index (χ3n) is 3.18. The van der Waals surface area contributed by atoms with E-state index in [1.54, 1.807) is 6.92 Å². The fourth-order valence-corrected chi connectivity index (χ4v) is 2.93. The summed E-state index contributed by atoms with van der Waals surface area (Å²) in [5.41, 5.74) is 6.75. The largest absolute Gasteiger partial charge is 0.401 e. The molecule has 1 heterocycles. The smallest absolute Gasteiger partial charge is 0.191 e. The van der Waals surface area contributed by atoms with E-state index in [0.29, 0.717) is 11.7 Å². The molecule has 7 heteroatoms. The van der Waals surface area contributed by atoms with E-state index in [2.05, 4.69) is 10.2 Å². The number of thioether (sulfide) groups is 1. The Morgan fingerprint density at radius 1 is 1.35 bits per heavy atom. The molecular weight excluding hydrogens is 310 g/mol. The quantitative estimate of drug-likeness (QED) is 0.497. The van der Waals surface area contributed by atoms with E-state index in [1.165, 1.54) is 11.8 Å². The van der Waals surface area contributed by atoms with Gasteiger partial charge in [-0.3, -0.25) is 4.79 Å². The number of rotatable bonds is 6. The maximum absolute atomic E-state index is 12.0. The number of nitrogens with zero attached hydrogens (tertiary/aromatic N) is 4. The molecule has 0 aliphatic carbocycles. The Balaban J connectivity index is 2.20. The Morgan fingerprint density at radius 2 is 2.04 bits per heavy atom. The van der Waals surface area contributed by atoms with Crippen LogP contribution in [-0.2, 0) is 11.3 Å². The average molecular weight is 327 g/mol. The lowest BCUT2D eigenvalue weighted by atomic mass is 10.2. The van der Waals surface area contributed by atoms with Gasteiger partial charge in [-0.25, -0.2) is 0 Å². The lowest BCUT2D eigenvalue weighted by Crippen LogP contribution is -2.11. The number of aromatic nitrogens is 3. The van der Waals surface area contributed by atoms with Crippen LogP contribution in [0.25, 0.3) is 11.4 Å². The van der Waals surface area contributed by atoms with Gasteiger partial charge in [0.2, 0.25) is 0 Å². The first kappa shape index (κ1) is 16.8. The number of hydrogen-bond acceptors (Lipinski definition) is 6. The number of Topliss-reactive ketones (excluding diaryl/α,β-unsaturated/α-hetero) is 1. The van der Waals surface area contributed by atoms with Crippen LogP contribution in [0.2, 0.25) is 0 Å². The molecular formula is C16H17N5OS. The second kappa shape index (κ2) is 7.61. The third-order valence-corrected chi connectivity index (χ3v) is 4.15. The fraction of sp³-hybridized carbons (Fsp3) is 0.250. The molecule has 0 aliphatic rings. The minimum absolute atomic E-state index is 0.00310. The molecule has 1 aromatic heterocycles. The van der Waals surface area contributed by atoms with Crippen molar-refractivity contribution in [2.75, 3.05) is 5.75 Å². The summed E-state index contributed by atoms with van der Waals surface area (Å²) in [6.07, 6.45) is 0. The molecule has 2 N–H and O–H groups in total. The number of hydrogen-bond donors (Lipinski definition) is 1. The van der Waals surface area contributed by atoms with Crippen molar-refractivity contribution in [2.45, 2.75) is 25.5 Å². The van der Waals surface area contributed by atoms with Crippen molar-refractivity contribution in [1.82, 2.24) is 14.8 Å². The molecule has 0 unspecified atom stereocenters. The van der Waals surface area contributed by atoms with Gasteiger partial charge in [-0.2, -0.15) is 5.26 Å². The Kier molecular flexibility index (Phi) is 5.55. The second-order valence-electron chi connectivity index (χ2n) is 4.80. The van der Waals surface area contributed by atoms with Gasteiger partial charge in [-0.1, -0.05) is 42.1 Å². The standard InChI is InChI=1S/C16H17N5OS/c1-3-21-15(12-7-5-4-6-8-12)19-20-16(21)23-10-14(22)13(9-17)11(2)18/h4-8H,3,10,18H2,1-2H3. The van der Waals surface area contributed by atoms with E-state index < -0.39 is 0 Å². The molecule has 0 saturated carbocycles. The van der Waals surface area contributed by atoms with Crippen LogP contribution in [0.4, 0.5) is 0 Å². The van der Waals surface area contributed by atoms with Gasteiger partial charge in [0, 0.05) is 17.8 Å². The summed E-state index contributed by atoms with van der Waals surface area (Å²) in [6.45, 7) is 4.22. The average Bonchev–Trinajstić information content (AvgIpc) is 2.97. The van der Waals surface area contributed by atoms with Gasteiger partial charge in [-0.05, 0) is 13.8 Å². The SMILES string of the molecule is CCn1c(SCC(=O)C(C#N)=C(C)N)nnc1-c1ccccc1. The number of ketones is 1. The minimum atomic E-state index is -0.301. The molecule has 2 rings (SSSR count). The van der Waals surface area contributed by atoms with Gasteiger partial charge >= 0.3 is 0 Å². The summed E-state index contributed by atoms with van der Waals surface area (Å²) in [5, 5.41) is 18.0. The van der Waals surface area contributed by atoms with Crippen molar-refractivity contribution >= 4 is 17.5 Å². The zero-order valence-electron chi connectivity index (χ0n) is 13.0. The first-order valence-electron chi connectivity index (χ1n) is 7.09. The van der Waals surface area contributed by atoms with Crippen molar-refractivity contribution in [2.24, 2.45) is 5.73 Å². The molecule has 0 bridgehead atoms. The molecule has 0 spiro atoms. The van der Waals surface area contributed by atoms with Gasteiger partial charge in [0.05, 0.1) is 5.75 Å². The molecule has 0 amide bonds. The molecule has 23 heavy (non-hydrogen) atoms. The normalized spacial score (nSPS) is 11.7. The highest BCUT2D eigenvalue weighted by Gasteiger charge is 2.17. The predicted molar refractivity (Wildman–Crippen MR) is 89.4 cm³/mol. The Labute approximate surface area is 139 Å². The lowest BCUT2D eigenvalue weighted by Gasteiger charge is -2.07. The molecule has 0 aliphatic heterocycles. The lowest BCUT2D eigenvalue weighted by molar-refractivity contribution is -0.112. The first-order valence-corrected chi connectivity index (χ1v) is 8.08. The molecule has 0 saturated heterocycles. The van der Waals surface area contributed by atoms with Gasteiger partial charge < -0.3 is 10.3 Å². The van der Waals surface area contributed by atoms with Crippen molar-refractivity contribution < 1.29 is 4.79 Å². The van der Waals surface area contributed by atoms with Gasteiger partial charge in [0.25, 0.3) is 0 Å². The van der Waals surface area contributed by atoms with E-state index in [0.717, 1.165) is 11.4 Å². The van der Waals surface area contributed by atoms with Crippen LogP contribution in [0.3, 0.4) is 0 Å². The predicted octanol–water partition coefficient (Wildman–Crippen LogP) is 2.38. The van der Waals surface area contributed by atoms with Crippen LogP contribution < -0.4 is 5.73 Å². The van der Waals surface area contributed by atoms with Gasteiger partial charge in [0.15, 0.2) is 16.8 Å². The van der Waals surface area contributed by atoms with Crippen LogP contribution in [0, 0.1) is 11.3 Å². The van der Waals surface area contributed by atoms with Crippen LogP contribution in [0.1, 0.15) is 13.8 Å². The summed E-state index contributed by atoms with van der Waals surface area (Å²) in [7, 11) is 0. The number of carbonyl (C=O) groups excluding carboxylic acids is 1. The number of nitriles is 1. The van der Waals surface area contributed by atoms with Gasteiger partial charge in [-0.15, -0.1) is 10.2 Å². The molecule has 118 valence electrons. The summed E-state index contributed by atoms with van der Waals surface area (Å²) >= 11 is 1.26. The van der Waals surface area contributed by atoms with Crippen molar-refractivity contribution in [3.8, 4) is 17.5 Å². The highest BCUT2D eigenvalue weighted by Crippen LogP contribution is 2.24. The third kappa shape index (κ3) is 3.79. The number of benzene rings is 1. The van der Waals surface area contributed by atoms with Crippen LogP contribution >= 0.6 is 11.8 Å². The summed E-state index contributed by atoms with van der Waals surface area (Å²) in [5.74, 6) is 0.559. The summed E-state index contributed by atoms with van der Waals surface area (Å²) < 4.78 is 1.94. The molecule has 0 atom stereocenters. The van der Waals surface area contributed by atoms with E-state index in [9.17, 15) is 4.79 Å². The van der Waals surface area contributed by atoms with Crippen molar-refractivity contribution in [3.05, 3.63) is 41.6 Å². The highest BCUT2D eigenvalue weighted by molar-refractivity contribution is 7.99. The number of nitrogens with two attached hydrogens (primary N) is 1. The number of carbonyl (C=O) groups is 1. The Bertz CT molecular complexity index is 770.